The number of rotatable bonds is 6. The van der Waals surface area contributed by atoms with Crippen molar-refractivity contribution in [3.8, 4) is 0 Å². The lowest BCUT2D eigenvalue weighted by Gasteiger charge is -2.32. The van der Waals surface area contributed by atoms with Gasteiger partial charge in [0.1, 0.15) is 0 Å². The number of halogens is 1. The average molecular weight is 435 g/mol. The number of hydrogen-bond donors (Lipinski definition) is 1. The van der Waals surface area contributed by atoms with E-state index in [-0.39, 0.29) is 29.3 Å². The van der Waals surface area contributed by atoms with Crippen molar-refractivity contribution >= 4 is 27.5 Å². The summed E-state index contributed by atoms with van der Waals surface area (Å²) in [6.45, 7) is 4.69. The Hall–Kier alpha value is -1.89. The van der Waals surface area contributed by atoms with E-state index in [1.807, 2.05) is 38.1 Å². The summed E-state index contributed by atoms with van der Waals surface area (Å²) in [4.78, 5) is 13.2. The molecule has 2 aromatic carbocycles. The van der Waals surface area contributed by atoms with Gasteiger partial charge < -0.3 is 5.32 Å². The number of benzene rings is 2. The maximum absolute atomic E-state index is 13.0. The highest BCUT2D eigenvalue weighted by atomic mass is 35.5. The molecule has 1 amide bonds. The van der Waals surface area contributed by atoms with Gasteiger partial charge in [-0.05, 0) is 61.6 Å². The summed E-state index contributed by atoms with van der Waals surface area (Å²) in [6.07, 6.45) is 2.12. The Morgan fingerprint density at radius 1 is 1.21 bits per heavy atom. The highest BCUT2D eigenvalue weighted by Crippen LogP contribution is 2.26. The molecule has 2 aromatic rings. The van der Waals surface area contributed by atoms with E-state index in [9.17, 15) is 13.2 Å². The van der Waals surface area contributed by atoms with Crippen LogP contribution in [-0.2, 0) is 14.8 Å². The number of aryl methyl sites for hydroxylation is 1. The Bertz CT molecular complexity index is 960. The SMILES string of the molecule is CC[C@H](NC(=O)[C@@H]1CCCN(S(=O)(=O)c2ccc(Cl)cc2)C1)c1ccccc1C. The predicted molar refractivity (Wildman–Crippen MR) is 115 cm³/mol. The summed E-state index contributed by atoms with van der Waals surface area (Å²) in [5.41, 5.74) is 2.24. The Kier molecular flexibility index (Phi) is 6.98. The molecule has 0 saturated carbocycles. The second-order valence-electron chi connectivity index (χ2n) is 7.48. The first-order valence-corrected chi connectivity index (χ1v) is 11.8. The van der Waals surface area contributed by atoms with Gasteiger partial charge in [-0.1, -0.05) is 42.8 Å². The van der Waals surface area contributed by atoms with Crippen molar-refractivity contribution in [1.82, 2.24) is 9.62 Å². The fourth-order valence-corrected chi connectivity index (χ4v) is 5.45. The third-order valence-corrected chi connectivity index (χ3v) is 7.63. The summed E-state index contributed by atoms with van der Waals surface area (Å²) in [7, 11) is -3.64. The first-order valence-electron chi connectivity index (χ1n) is 9.94. The van der Waals surface area contributed by atoms with Crippen LogP contribution in [0.2, 0.25) is 5.02 Å². The number of piperidine rings is 1. The zero-order chi connectivity index (χ0) is 21.0. The van der Waals surface area contributed by atoms with Gasteiger partial charge in [0.2, 0.25) is 15.9 Å². The van der Waals surface area contributed by atoms with E-state index in [0.717, 1.165) is 17.5 Å². The fourth-order valence-electron chi connectivity index (χ4n) is 3.80. The van der Waals surface area contributed by atoms with Gasteiger partial charge in [-0.2, -0.15) is 4.31 Å². The summed E-state index contributed by atoms with van der Waals surface area (Å²) < 4.78 is 27.3. The molecule has 5 nitrogen and oxygen atoms in total. The average Bonchev–Trinajstić information content (AvgIpc) is 2.73. The lowest BCUT2D eigenvalue weighted by Crippen LogP contribution is -2.46. The molecule has 0 unspecified atom stereocenters. The zero-order valence-corrected chi connectivity index (χ0v) is 18.3. The molecule has 1 aliphatic heterocycles. The van der Waals surface area contributed by atoms with Crippen LogP contribution in [-0.4, -0.2) is 31.7 Å². The summed E-state index contributed by atoms with van der Waals surface area (Å²) in [5, 5.41) is 3.62. The van der Waals surface area contributed by atoms with Crippen LogP contribution in [0.25, 0.3) is 0 Å². The summed E-state index contributed by atoms with van der Waals surface area (Å²) in [6, 6.07) is 14.1. The molecule has 0 aromatic heterocycles. The van der Waals surface area contributed by atoms with Gasteiger partial charge >= 0.3 is 0 Å². The van der Waals surface area contributed by atoms with Crippen LogP contribution in [0.4, 0.5) is 0 Å². The van der Waals surface area contributed by atoms with Gasteiger partial charge in [0.05, 0.1) is 16.9 Å². The molecule has 1 N–H and O–H groups in total. The zero-order valence-electron chi connectivity index (χ0n) is 16.8. The Labute approximate surface area is 178 Å². The number of amides is 1. The molecule has 0 aliphatic carbocycles. The van der Waals surface area contributed by atoms with Gasteiger partial charge in [-0.3, -0.25) is 4.79 Å². The lowest BCUT2D eigenvalue weighted by atomic mass is 9.95. The Morgan fingerprint density at radius 3 is 2.55 bits per heavy atom. The van der Waals surface area contributed by atoms with Crippen LogP contribution >= 0.6 is 11.6 Å². The standard InChI is InChI=1S/C22H27ClN2O3S/c1-3-21(20-9-5-4-7-16(20)2)24-22(26)17-8-6-14-25(15-17)29(27,28)19-12-10-18(23)11-13-19/h4-5,7,9-13,17,21H,3,6,8,14-15H2,1-2H3,(H,24,26)/t17-,21+/m1/s1. The molecule has 29 heavy (non-hydrogen) atoms. The molecule has 7 heteroatoms. The van der Waals surface area contributed by atoms with Gasteiger partial charge in [0, 0.05) is 18.1 Å². The fraction of sp³-hybridized carbons (Fsp3) is 0.409. The highest BCUT2D eigenvalue weighted by molar-refractivity contribution is 7.89. The van der Waals surface area contributed by atoms with Gasteiger partial charge in [-0.25, -0.2) is 8.42 Å². The normalized spacial score (nSPS) is 18.9. The summed E-state index contributed by atoms with van der Waals surface area (Å²) >= 11 is 5.87. The van der Waals surface area contributed by atoms with Crippen molar-refractivity contribution < 1.29 is 13.2 Å². The molecule has 1 aliphatic rings. The highest BCUT2D eigenvalue weighted by Gasteiger charge is 2.34. The first-order chi connectivity index (χ1) is 13.8. The van der Waals surface area contributed by atoms with Crippen LogP contribution in [0, 0.1) is 12.8 Å². The molecule has 0 radical (unpaired) electrons. The van der Waals surface area contributed by atoms with Crippen molar-refractivity contribution in [2.45, 2.75) is 44.0 Å². The minimum atomic E-state index is -3.64. The summed E-state index contributed by atoms with van der Waals surface area (Å²) in [5.74, 6) is -0.444. The van der Waals surface area contributed by atoms with Crippen molar-refractivity contribution in [3.63, 3.8) is 0 Å². The Morgan fingerprint density at radius 2 is 1.90 bits per heavy atom. The van der Waals surface area contributed by atoms with Crippen molar-refractivity contribution in [2.75, 3.05) is 13.1 Å². The van der Waals surface area contributed by atoms with E-state index in [2.05, 4.69) is 5.32 Å². The van der Waals surface area contributed by atoms with Gasteiger partial charge in [0.15, 0.2) is 0 Å². The van der Waals surface area contributed by atoms with Crippen LogP contribution < -0.4 is 5.32 Å². The van der Waals surface area contributed by atoms with Crippen LogP contribution in [0.5, 0.6) is 0 Å². The molecular formula is C22H27ClN2O3S. The van der Waals surface area contributed by atoms with E-state index in [1.165, 1.54) is 16.4 Å². The number of carbonyl (C=O) groups excluding carboxylic acids is 1. The van der Waals surface area contributed by atoms with E-state index < -0.39 is 10.0 Å². The topological polar surface area (TPSA) is 66.5 Å². The Balaban J connectivity index is 1.72. The third-order valence-electron chi connectivity index (χ3n) is 5.49. The maximum Gasteiger partial charge on any atom is 0.243 e. The molecule has 2 atom stereocenters. The van der Waals surface area contributed by atoms with Crippen molar-refractivity contribution in [2.24, 2.45) is 5.92 Å². The molecule has 156 valence electrons. The minimum absolute atomic E-state index is 0.0769. The predicted octanol–water partition coefficient (Wildman–Crippen LogP) is 4.32. The molecule has 0 bridgehead atoms. The largest absolute Gasteiger partial charge is 0.349 e. The first kappa shape index (κ1) is 21.8. The monoisotopic (exact) mass is 434 g/mol. The van der Waals surface area contributed by atoms with Crippen LogP contribution in [0.3, 0.4) is 0 Å². The van der Waals surface area contributed by atoms with E-state index in [1.54, 1.807) is 12.1 Å². The molecule has 1 saturated heterocycles. The lowest BCUT2D eigenvalue weighted by molar-refractivity contribution is -0.126. The van der Waals surface area contributed by atoms with Crippen molar-refractivity contribution in [3.05, 3.63) is 64.7 Å². The molecular weight excluding hydrogens is 408 g/mol. The minimum Gasteiger partial charge on any atom is -0.349 e. The number of nitrogens with one attached hydrogen (secondary N) is 1. The van der Waals surface area contributed by atoms with Crippen molar-refractivity contribution in [1.29, 1.82) is 0 Å². The quantitative estimate of drug-likeness (QED) is 0.736. The van der Waals surface area contributed by atoms with Crippen LogP contribution in [0.1, 0.15) is 43.4 Å². The van der Waals surface area contributed by atoms with Gasteiger partial charge in [0.25, 0.3) is 0 Å². The van der Waals surface area contributed by atoms with Crippen LogP contribution in [0.15, 0.2) is 53.4 Å². The number of carbonyl (C=O) groups is 1. The number of hydrogen-bond acceptors (Lipinski definition) is 3. The van der Waals surface area contributed by atoms with E-state index in [0.29, 0.717) is 24.4 Å². The second kappa shape index (κ2) is 9.28. The smallest absolute Gasteiger partial charge is 0.243 e. The molecule has 0 spiro atoms. The number of nitrogens with zero attached hydrogens (tertiary/aromatic N) is 1. The van der Waals surface area contributed by atoms with E-state index >= 15 is 0 Å². The van der Waals surface area contributed by atoms with Gasteiger partial charge in [-0.15, -0.1) is 0 Å². The molecule has 3 rings (SSSR count). The van der Waals surface area contributed by atoms with E-state index in [4.69, 9.17) is 11.6 Å². The second-order valence-corrected chi connectivity index (χ2v) is 9.86. The third kappa shape index (κ3) is 5.00. The molecule has 1 fully saturated rings. The maximum atomic E-state index is 13.0. The molecule has 1 heterocycles. The number of sulfonamides is 1.